The van der Waals surface area contributed by atoms with Crippen molar-refractivity contribution in [1.82, 2.24) is 14.8 Å². The predicted octanol–water partition coefficient (Wildman–Crippen LogP) is 1.88. The zero-order valence-electron chi connectivity index (χ0n) is 12.4. The molecule has 114 valence electrons. The summed E-state index contributed by atoms with van der Waals surface area (Å²) < 4.78 is 0. The van der Waals surface area contributed by atoms with E-state index < -0.39 is 0 Å². The maximum atomic E-state index is 12.5. The number of H-pyrrole nitrogens is 1. The van der Waals surface area contributed by atoms with Crippen molar-refractivity contribution in [1.29, 1.82) is 0 Å². The van der Waals surface area contributed by atoms with Gasteiger partial charge in [0.25, 0.3) is 5.91 Å². The Morgan fingerprint density at radius 3 is 2.29 bits per heavy atom. The number of rotatable bonds is 2. The topological polar surface area (TPSA) is 56.4 Å². The lowest BCUT2D eigenvalue weighted by atomic mass is 9.88. The minimum Gasteiger partial charge on any atom is -0.367 e. The highest BCUT2D eigenvalue weighted by Gasteiger charge is 2.29. The molecule has 0 atom stereocenters. The number of amides is 2. The number of hydrogen-bond acceptors (Lipinski definition) is 2. The van der Waals surface area contributed by atoms with Crippen LogP contribution in [0.25, 0.3) is 0 Å². The van der Waals surface area contributed by atoms with Crippen LogP contribution in [-0.2, 0) is 4.79 Å². The molecule has 1 aromatic rings. The Kier molecular flexibility index (Phi) is 4.27. The summed E-state index contributed by atoms with van der Waals surface area (Å²) >= 11 is 0. The van der Waals surface area contributed by atoms with Gasteiger partial charge in [-0.15, -0.1) is 0 Å². The lowest BCUT2D eigenvalue weighted by Gasteiger charge is -2.37. The molecule has 3 rings (SSSR count). The van der Waals surface area contributed by atoms with Gasteiger partial charge in [0.2, 0.25) is 5.91 Å². The lowest BCUT2D eigenvalue weighted by molar-refractivity contribution is -0.138. The van der Waals surface area contributed by atoms with E-state index in [0.717, 1.165) is 12.8 Å². The fourth-order valence-electron chi connectivity index (χ4n) is 3.38. The average molecular weight is 289 g/mol. The minimum atomic E-state index is 0.0565. The SMILES string of the molecule is O=C(c1cc[nH]c1)N1CCN(C(=O)C2CCCCC2)CC1. The zero-order chi connectivity index (χ0) is 14.7. The lowest BCUT2D eigenvalue weighted by Crippen LogP contribution is -2.52. The average Bonchev–Trinajstić information content (AvgIpc) is 3.09. The zero-order valence-corrected chi connectivity index (χ0v) is 12.4. The number of aromatic nitrogens is 1. The van der Waals surface area contributed by atoms with Crippen molar-refractivity contribution in [2.75, 3.05) is 26.2 Å². The molecule has 0 radical (unpaired) electrons. The third-order valence-corrected chi connectivity index (χ3v) is 4.68. The van der Waals surface area contributed by atoms with Gasteiger partial charge in [0.1, 0.15) is 0 Å². The molecular weight excluding hydrogens is 266 g/mol. The van der Waals surface area contributed by atoms with E-state index in [-0.39, 0.29) is 11.8 Å². The van der Waals surface area contributed by atoms with Gasteiger partial charge in [-0.05, 0) is 18.9 Å². The monoisotopic (exact) mass is 289 g/mol. The summed E-state index contributed by atoms with van der Waals surface area (Å²) in [6.45, 7) is 2.63. The standard InChI is InChI=1S/C16H23N3O2/c20-15(13-4-2-1-3-5-13)18-8-10-19(11-9-18)16(21)14-6-7-17-12-14/h6-7,12-13,17H,1-5,8-11H2. The molecule has 1 aliphatic heterocycles. The van der Waals surface area contributed by atoms with Gasteiger partial charge >= 0.3 is 0 Å². The van der Waals surface area contributed by atoms with Gasteiger partial charge in [-0.1, -0.05) is 19.3 Å². The van der Waals surface area contributed by atoms with Crippen molar-refractivity contribution in [3.63, 3.8) is 0 Å². The first-order chi connectivity index (χ1) is 10.3. The Morgan fingerprint density at radius 1 is 1.00 bits per heavy atom. The number of piperazine rings is 1. The Bertz CT molecular complexity index is 484. The third-order valence-electron chi connectivity index (χ3n) is 4.68. The summed E-state index contributed by atoms with van der Waals surface area (Å²) in [5, 5.41) is 0. The third kappa shape index (κ3) is 3.12. The smallest absolute Gasteiger partial charge is 0.255 e. The normalized spacial score (nSPS) is 20.6. The van der Waals surface area contributed by atoms with E-state index in [1.54, 1.807) is 18.5 Å². The van der Waals surface area contributed by atoms with Crippen molar-refractivity contribution in [2.24, 2.45) is 5.92 Å². The molecule has 2 fully saturated rings. The van der Waals surface area contributed by atoms with E-state index in [1.165, 1.54) is 19.3 Å². The van der Waals surface area contributed by atoms with E-state index in [9.17, 15) is 9.59 Å². The number of aromatic amines is 1. The summed E-state index contributed by atoms with van der Waals surface area (Å²) in [5.74, 6) is 0.593. The summed E-state index contributed by atoms with van der Waals surface area (Å²) in [6.07, 6.45) is 9.20. The Balaban J connectivity index is 1.52. The van der Waals surface area contributed by atoms with Crippen LogP contribution in [0.1, 0.15) is 42.5 Å². The van der Waals surface area contributed by atoms with Gasteiger partial charge in [-0.25, -0.2) is 0 Å². The van der Waals surface area contributed by atoms with Crippen LogP contribution >= 0.6 is 0 Å². The highest BCUT2D eigenvalue weighted by atomic mass is 16.2. The predicted molar refractivity (Wildman–Crippen MR) is 79.9 cm³/mol. The van der Waals surface area contributed by atoms with Crippen LogP contribution in [0.2, 0.25) is 0 Å². The molecule has 0 unspecified atom stereocenters. The molecule has 1 saturated carbocycles. The van der Waals surface area contributed by atoms with Crippen LogP contribution in [0.15, 0.2) is 18.5 Å². The summed E-state index contributed by atoms with van der Waals surface area (Å²) in [7, 11) is 0. The summed E-state index contributed by atoms with van der Waals surface area (Å²) in [5.41, 5.74) is 0.696. The summed E-state index contributed by atoms with van der Waals surface area (Å²) in [4.78, 5) is 31.4. The minimum absolute atomic E-state index is 0.0565. The number of nitrogens with zero attached hydrogens (tertiary/aromatic N) is 2. The van der Waals surface area contributed by atoms with Crippen molar-refractivity contribution < 1.29 is 9.59 Å². The molecule has 0 spiro atoms. The molecular formula is C16H23N3O2. The first-order valence-electron chi connectivity index (χ1n) is 7.96. The molecule has 2 aliphatic rings. The highest BCUT2D eigenvalue weighted by Crippen LogP contribution is 2.25. The van der Waals surface area contributed by atoms with E-state index in [1.807, 2.05) is 9.80 Å². The number of hydrogen-bond donors (Lipinski definition) is 1. The van der Waals surface area contributed by atoms with Crippen LogP contribution in [0.5, 0.6) is 0 Å². The van der Waals surface area contributed by atoms with Gasteiger partial charge in [-0.3, -0.25) is 9.59 Å². The Labute approximate surface area is 125 Å². The first kappa shape index (κ1) is 14.2. The second-order valence-electron chi connectivity index (χ2n) is 6.05. The maximum Gasteiger partial charge on any atom is 0.255 e. The van der Waals surface area contributed by atoms with Crippen molar-refractivity contribution in [2.45, 2.75) is 32.1 Å². The van der Waals surface area contributed by atoms with Crippen LogP contribution < -0.4 is 0 Å². The number of nitrogens with one attached hydrogen (secondary N) is 1. The number of carbonyl (C=O) groups excluding carboxylic acids is 2. The molecule has 1 N–H and O–H groups in total. The molecule has 5 heteroatoms. The summed E-state index contributed by atoms with van der Waals surface area (Å²) in [6, 6.07) is 1.79. The van der Waals surface area contributed by atoms with Gasteiger partial charge < -0.3 is 14.8 Å². The van der Waals surface area contributed by atoms with Crippen LogP contribution in [0, 0.1) is 5.92 Å². The Hall–Kier alpha value is -1.78. The van der Waals surface area contributed by atoms with Gasteiger partial charge in [0.05, 0.1) is 5.56 Å². The molecule has 2 amide bonds. The van der Waals surface area contributed by atoms with E-state index in [0.29, 0.717) is 37.6 Å². The van der Waals surface area contributed by atoms with E-state index >= 15 is 0 Å². The Morgan fingerprint density at radius 2 is 1.67 bits per heavy atom. The van der Waals surface area contributed by atoms with E-state index in [2.05, 4.69) is 4.98 Å². The van der Waals surface area contributed by atoms with Gasteiger partial charge in [-0.2, -0.15) is 0 Å². The van der Waals surface area contributed by atoms with Crippen LogP contribution in [-0.4, -0.2) is 52.8 Å². The largest absolute Gasteiger partial charge is 0.367 e. The fourth-order valence-corrected chi connectivity index (χ4v) is 3.38. The van der Waals surface area contributed by atoms with Gasteiger partial charge in [0.15, 0.2) is 0 Å². The highest BCUT2D eigenvalue weighted by molar-refractivity contribution is 5.94. The van der Waals surface area contributed by atoms with Crippen molar-refractivity contribution >= 4 is 11.8 Å². The quantitative estimate of drug-likeness (QED) is 0.903. The molecule has 1 aromatic heterocycles. The van der Waals surface area contributed by atoms with Crippen molar-refractivity contribution in [3.8, 4) is 0 Å². The second kappa shape index (κ2) is 6.33. The van der Waals surface area contributed by atoms with Crippen molar-refractivity contribution in [3.05, 3.63) is 24.0 Å². The fraction of sp³-hybridized carbons (Fsp3) is 0.625. The molecule has 5 nitrogen and oxygen atoms in total. The van der Waals surface area contributed by atoms with E-state index in [4.69, 9.17) is 0 Å². The molecule has 0 bridgehead atoms. The molecule has 1 saturated heterocycles. The second-order valence-corrected chi connectivity index (χ2v) is 6.05. The van der Waals surface area contributed by atoms with Crippen LogP contribution in [0.3, 0.4) is 0 Å². The maximum absolute atomic E-state index is 12.5. The van der Waals surface area contributed by atoms with Crippen LogP contribution in [0.4, 0.5) is 0 Å². The molecule has 21 heavy (non-hydrogen) atoms. The molecule has 2 heterocycles. The first-order valence-corrected chi connectivity index (χ1v) is 7.96. The molecule has 0 aromatic carbocycles. The molecule has 1 aliphatic carbocycles. The van der Waals surface area contributed by atoms with Gasteiger partial charge in [0, 0.05) is 44.5 Å². The number of carbonyl (C=O) groups is 2.